The van der Waals surface area contributed by atoms with Gasteiger partial charge in [-0.3, -0.25) is 0 Å². The molecule has 0 atom stereocenters. The zero-order valence-electron chi connectivity index (χ0n) is 9.85. The van der Waals surface area contributed by atoms with Crippen molar-refractivity contribution in [2.24, 2.45) is 0 Å². The van der Waals surface area contributed by atoms with E-state index in [0.29, 0.717) is 5.56 Å². The third-order valence-corrected chi connectivity index (χ3v) is 3.79. The summed E-state index contributed by atoms with van der Waals surface area (Å²) >= 11 is 0. The highest BCUT2D eigenvalue weighted by Crippen LogP contribution is 2.15. The average Bonchev–Trinajstić information content (AvgIpc) is 2.15. The number of aromatic carboxylic acids is 1. The number of hydrogen-bond donors (Lipinski definition) is 1. The summed E-state index contributed by atoms with van der Waals surface area (Å²) in [6.07, 6.45) is 0. The normalized spacial score (nSPS) is 11.8. The number of carbonyl (C=O) groups excluding carboxylic acids is 1. The van der Waals surface area contributed by atoms with E-state index >= 15 is 0 Å². The molecule has 0 aliphatic rings. The minimum absolute atomic E-state index is 0.0731. The second kappa shape index (κ2) is 4.85. The molecule has 0 spiro atoms. The Morgan fingerprint density at radius 3 is 2.41 bits per heavy atom. The van der Waals surface area contributed by atoms with Crippen molar-refractivity contribution < 1.29 is 18.3 Å². The van der Waals surface area contributed by atoms with Crippen LogP contribution in [0.3, 0.4) is 0 Å². The first kappa shape index (κ1) is 13.7. The SMILES string of the molecule is Cc1ccc(S(=O)(=O)NC(C)C)cc1C(=O)[O-]. The molecule has 1 rings (SSSR count). The Kier molecular flexibility index (Phi) is 3.90. The van der Waals surface area contributed by atoms with E-state index < -0.39 is 16.0 Å². The Morgan fingerprint density at radius 1 is 1.35 bits per heavy atom. The molecule has 17 heavy (non-hydrogen) atoms. The number of carbonyl (C=O) groups is 1. The molecule has 0 saturated heterocycles. The lowest BCUT2D eigenvalue weighted by molar-refractivity contribution is -0.255. The molecule has 0 unspecified atom stereocenters. The van der Waals surface area contributed by atoms with E-state index in [4.69, 9.17) is 0 Å². The van der Waals surface area contributed by atoms with Gasteiger partial charge in [0, 0.05) is 11.6 Å². The number of sulfonamides is 1. The van der Waals surface area contributed by atoms with E-state index in [-0.39, 0.29) is 16.5 Å². The number of benzene rings is 1. The van der Waals surface area contributed by atoms with Gasteiger partial charge in [0.2, 0.25) is 10.0 Å². The van der Waals surface area contributed by atoms with Crippen molar-refractivity contribution in [3.63, 3.8) is 0 Å². The van der Waals surface area contributed by atoms with Gasteiger partial charge in [-0.2, -0.15) is 0 Å². The van der Waals surface area contributed by atoms with Crippen LogP contribution in [0.1, 0.15) is 29.8 Å². The molecule has 0 bridgehead atoms. The van der Waals surface area contributed by atoms with Crippen molar-refractivity contribution in [1.82, 2.24) is 4.72 Å². The van der Waals surface area contributed by atoms with Crippen LogP contribution in [0.5, 0.6) is 0 Å². The molecule has 1 aromatic carbocycles. The second-order valence-corrected chi connectivity index (χ2v) is 5.75. The third-order valence-electron chi connectivity index (χ3n) is 2.13. The van der Waals surface area contributed by atoms with Crippen LogP contribution in [-0.4, -0.2) is 20.4 Å². The highest BCUT2D eigenvalue weighted by molar-refractivity contribution is 7.89. The van der Waals surface area contributed by atoms with Gasteiger partial charge in [-0.15, -0.1) is 0 Å². The highest BCUT2D eigenvalue weighted by atomic mass is 32.2. The van der Waals surface area contributed by atoms with Gasteiger partial charge in [-0.05, 0) is 38.5 Å². The first-order chi connectivity index (χ1) is 7.74. The van der Waals surface area contributed by atoms with Gasteiger partial charge < -0.3 is 9.90 Å². The maximum atomic E-state index is 11.8. The predicted octanol–water partition coefficient (Wildman–Crippen LogP) is 0.0452. The van der Waals surface area contributed by atoms with E-state index in [1.807, 2.05) is 0 Å². The molecular weight excluding hydrogens is 242 g/mol. The van der Waals surface area contributed by atoms with Crippen LogP contribution in [0.4, 0.5) is 0 Å². The van der Waals surface area contributed by atoms with Gasteiger partial charge in [0.15, 0.2) is 0 Å². The molecule has 0 amide bonds. The van der Waals surface area contributed by atoms with Crippen LogP contribution in [0, 0.1) is 6.92 Å². The Balaban J connectivity index is 3.25. The smallest absolute Gasteiger partial charge is 0.240 e. The van der Waals surface area contributed by atoms with Gasteiger partial charge in [0.1, 0.15) is 0 Å². The Morgan fingerprint density at radius 2 is 1.94 bits per heavy atom. The Labute approximate surface area is 101 Å². The minimum atomic E-state index is -3.67. The fourth-order valence-corrected chi connectivity index (χ4v) is 2.64. The molecule has 0 fully saturated rings. The lowest BCUT2D eigenvalue weighted by Crippen LogP contribution is -2.31. The molecule has 6 heteroatoms. The Bertz CT molecular complexity index is 534. The quantitative estimate of drug-likeness (QED) is 0.824. The summed E-state index contributed by atoms with van der Waals surface area (Å²) in [6.45, 7) is 4.95. The highest BCUT2D eigenvalue weighted by Gasteiger charge is 2.16. The van der Waals surface area contributed by atoms with Crippen molar-refractivity contribution in [2.75, 3.05) is 0 Å². The van der Waals surface area contributed by atoms with Crippen LogP contribution in [0.15, 0.2) is 23.1 Å². The van der Waals surface area contributed by atoms with Gasteiger partial charge in [-0.1, -0.05) is 6.07 Å². The summed E-state index contributed by atoms with van der Waals surface area (Å²) in [5.41, 5.74) is 0.352. The molecule has 0 radical (unpaired) electrons. The maximum absolute atomic E-state index is 11.8. The fourth-order valence-electron chi connectivity index (χ4n) is 1.37. The zero-order chi connectivity index (χ0) is 13.2. The second-order valence-electron chi connectivity index (χ2n) is 4.04. The summed E-state index contributed by atoms with van der Waals surface area (Å²) in [6, 6.07) is 3.66. The van der Waals surface area contributed by atoms with E-state index in [9.17, 15) is 18.3 Å². The molecule has 1 N–H and O–H groups in total. The first-order valence-corrected chi connectivity index (χ1v) is 6.56. The van der Waals surface area contributed by atoms with Gasteiger partial charge in [0.25, 0.3) is 0 Å². The number of nitrogens with one attached hydrogen (secondary N) is 1. The first-order valence-electron chi connectivity index (χ1n) is 5.08. The number of hydrogen-bond acceptors (Lipinski definition) is 4. The minimum Gasteiger partial charge on any atom is -0.545 e. The number of carboxylic acids is 1. The molecule has 0 aliphatic carbocycles. The van der Waals surface area contributed by atoms with Crippen LogP contribution in [0.2, 0.25) is 0 Å². The van der Waals surface area contributed by atoms with Crippen LogP contribution >= 0.6 is 0 Å². The summed E-state index contributed by atoms with van der Waals surface area (Å²) in [7, 11) is -3.67. The largest absolute Gasteiger partial charge is 0.545 e. The molecular formula is C11H14NO4S-. The van der Waals surface area contributed by atoms with Gasteiger partial charge >= 0.3 is 0 Å². The fraction of sp³-hybridized carbons (Fsp3) is 0.364. The van der Waals surface area contributed by atoms with Crippen molar-refractivity contribution in [3.05, 3.63) is 29.3 Å². The average molecular weight is 256 g/mol. The topological polar surface area (TPSA) is 86.3 Å². The monoisotopic (exact) mass is 256 g/mol. The maximum Gasteiger partial charge on any atom is 0.240 e. The van der Waals surface area contributed by atoms with Crippen LogP contribution in [-0.2, 0) is 10.0 Å². The summed E-state index contributed by atoms with van der Waals surface area (Å²) < 4.78 is 26.0. The van der Waals surface area contributed by atoms with Crippen molar-refractivity contribution >= 4 is 16.0 Å². The Hall–Kier alpha value is -1.40. The number of carboxylic acid groups (broad SMARTS) is 1. The summed E-state index contributed by atoms with van der Waals surface area (Å²) in [5.74, 6) is -1.39. The van der Waals surface area contributed by atoms with E-state index in [0.717, 1.165) is 6.07 Å². The lowest BCUT2D eigenvalue weighted by atomic mass is 10.1. The van der Waals surface area contributed by atoms with Crippen molar-refractivity contribution in [1.29, 1.82) is 0 Å². The van der Waals surface area contributed by atoms with Gasteiger partial charge in [-0.25, -0.2) is 13.1 Å². The third kappa shape index (κ3) is 3.28. The van der Waals surface area contributed by atoms with E-state index in [1.165, 1.54) is 12.1 Å². The zero-order valence-corrected chi connectivity index (χ0v) is 10.7. The molecule has 94 valence electrons. The molecule has 0 aromatic heterocycles. The standard InChI is InChI=1S/C11H15NO4S/c1-7(2)12-17(15,16)9-5-4-8(3)10(6-9)11(13)14/h4-7,12H,1-3H3,(H,13,14)/p-1. The summed E-state index contributed by atoms with van der Waals surface area (Å²) in [5, 5.41) is 10.8. The molecule has 5 nitrogen and oxygen atoms in total. The van der Waals surface area contributed by atoms with Crippen molar-refractivity contribution in [3.8, 4) is 0 Å². The van der Waals surface area contributed by atoms with E-state index in [2.05, 4.69) is 4.72 Å². The van der Waals surface area contributed by atoms with E-state index in [1.54, 1.807) is 20.8 Å². The number of aryl methyl sites for hydroxylation is 1. The molecule has 1 aromatic rings. The van der Waals surface area contributed by atoms with Gasteiger partial charge in [0.05, 0.1) is 10.9 Å². The van der Waals surface area contributed by atoms with Crippen molar-refractivity contribution in [2.45, 2.75) is 31.7 Å². The molecule has 0 saturated carbocycles. The molecule has 0 heterocycles. The number of rotatable bonds is 4. The van der Waals surface area contributed by atoms with Crippen LogP contribution in [0.25, 0.3) is 0 Å². The van der Waals surface area contributed by atoms with Crippen LogP contribution < -0.4 is 9.83 Å². The predicted molar refractivity (Wildman–Crippen MR) is 61.0 cm³/mol. The lowest BCUT2D eigenvalue weighted by Gasteiger charge is -2.12. The summed E-state index contributed by atoms with van der Waals surface area (Å²) in [4.78, 5) is 10.7. The molecule has 0 aliphatic heterocycles.